The van der Waals surface area contributed by atoms with Crippen LogP contribution in [0.4, 0.5) is 0 Å². The van der Waals surface area contributed by atoms with Crippen LogP contribution in [0.3, 0.4) is 0 Å². The van der Waals surface area contributed by atoms with Gasteiger partial charge < -0.3 is 15.3 Å². The minimum absolute atomic E-state index is 0.00538. The Labute approximate surface area is 213 Å². The van der Waals surface area contributed by atoms with E-state index in [4.69, 9.17) is 5.53 Å². The Morgan fingerprint density at radius 1 is 1.08 bits per heavy atom. The summed E-state index contributed by atoms with van der Waals surface area (Å²) in [4.78, 5) is 28.8. The third-order valence-electron chi connectivity index (χ3n) is 12.7. The summed E-state index contributed by atoms with van der Waals surface area (Å²) in [6.07, 6.45) is 5.59. The average molecular weight is 502 g/mol. The van der Waals surface area contributed by atoms with Crippen LogP contribution in [0.1, 0.15) is 85.5 Å². The van der Waals surface area contributed by atoms with Crippen molar-refractivity contribution in [3.05, 3.63) is 10.4 Å². The number of carbonyl (C=O) groups is 2. The zero-order valence-corrected chi connectivity index (χ0v) is 22.2. The summed E-state index contributed by atoms with van der Waals surface area (Å²) in [7, 11) is 0. The topological polar surface area (TPSA) is 144 Å². The highest BCUT2D eigenvalue weighted by atomic mass is 16.4. The fourth-order valence-electron chi connectivity index (χ4n) is 11.4. The molecule has 0 aromatic carbocycles. The van der Waals surface area contributed by atoms with Gasteiger partial charge in [0.05, 0.1) is 11.5 Å². The van der Waals surface area contributed by atoms with Crippen molar-refractivity contribution < 1.29 is 24.9 Å². The van der Waals surface area contributed by atoms with Crippen LogP contribution in [-0.4, -0.2) is 45.8 Å². The summed E-state index contributed by atoms with van der Waals surface area (Å²) < 4.78 is 0. The van der Waals surface area contributed by atoms with Gasteiger partial charge in [-0.3, -0.25) is 9.59 Å². The number of azide groups is 1. The Kier molecular flexibility index (Phi) is 6.09. The normalized spacial score (nSPS) is 52.7. The van der Waals surface area contributed by atoms with Gasteiger partial charge in [-0.05, 0) is 117 Å². The van der Waals surface area contributed by atoms with E-state index in [1.807, 2.05) is 13.8 Å². The molecule has 0 aliphatic heterocycles. The molecular weight excluding hydrogens is 458 g/mol. The SMILES string of the molecule is CC(O)[C@@H]1CC[C@]2(C(=O)O)CCC3C(CCC4[C@@]3(C)CCC3[C@]4(C)C[C@H](O)C(=O)[C@@]3(C)CN=[N+]=[N-])C12. The molecule has 6 unspecified atom stereocenters. The summed E-state index contributed by atoms with van der Waals surface area (Å²) in [5, 5.41) is 35.8. The monoisotopic (exact) mass is 501 g/mol. The van der Waals surface area contributed by atoms with Crippen LogP contribution in [0.15, 0.2) is 5.11 Å². The number of aliphatic hydroxyl groups is 2. The maximum Gasteiger partial charge on any atom is 0.309 e. The third kappa shape index (κ3) is 3.23. The number of carbonyl (C=O) groups excluding carboxylic acids is 1. The molecule has 0 spiro atoms. The molecule has 5 aliphatic rings. The van der Waals surface area contributed by atoms with Crippen LogP contribution >= 0.6 is 0 Å². The van der Waals surface area contributed by atoms with E-state index in [9.17, 15) is 24.9 Å². The first-order valence-electron chi connectivity index (χ1n) is 14.0. The van der Waals surface area contributed by atoms with Gasteiger partial charge in [0.2, 0.25) is 0 Å². The van der Waals surface area contributed by atoms with Crippen LogP contribution in [0.5, 0.6) is 0 Å². The number of carboxylic acids is 1. The van der Waals surface area contributed by atoms with Crippen molar-refractivity contribution in [1.82, 2.24) is 0 Å². The molecule has 0 bridgehead atoms. The average Bonchev–Trinajstić information content (AvgIpc) is 3.23. The van der Waals surface area contributed by atoms with Crippen LogP contribution < -0.4 is 0 Å². The van der Waals surface area contributed by atoms with Gasteiger partial charge in [-0.1, -0.05) is 25.9 Å². The predicted octanol–water partition coefficient (Wildman–Crippen LogP) is 4.97. The van der Waals surface area contributed by atoms with Gasteiger partial charge in [-0.25, -0.2) is 0 Å². The largest absolute Gasteiger partial charge is 0.481 e. The molecule has 0 saturated heterocycles. The van der Waals surface area contributed by atoms with Crippen LogP contribution in [0, 0.1) is 57.2 Å². The Morgan fingerprint density at radius 2 is 1.78 bits per heavy atom. The van der Waals surface area contributed by atoms with Gasteiger partial charge in [0.1, 0.15) is 6.10 Å². The number of nitrogens with zero attached hydrogens (tertiary/aromatic N) is 3. The smallest absolute Gasteiger partial charge is 0.309 e. The lowest BCUT2D eigenvalue weighted by Crippen LogP contribution is -2.66. The number of fused-ring (bicyclic) bond motifs is 7. The summed E-state index contributed by atoms with van der Waals surface area (Å²) >= 11 is 0. The van der Waals surface area contributed by atoms with Crippen molar-refractivity contribution in [3.8, 4) is 0 Å². The number of aliphatic hydroxyl groups excluding tert-OH is 2. The van der Waals surface area contributed by atoms with Crippen molar-refractivity contribution in [2.24, 2.45) is 62.3 Å². The van der Waals surface area contributed by atoms with E-state index in [-0.39, 0.29) is 46.8 Å². The molecule has 3 N–H and O–H groups in total. The van der Waals surface area contributed by atoms with E-state index in [1.165, 1.54) is 0 Å². The van der Waals surface area contributed by atoms with Gasteiger partial charge in [0.25, 0.3) is 0 Å². The molecule has 0 aromatic rings. The zero-order chi connectivity index (χ0) is 26.3. The number of carboxylic acid groups (broad SMARTS) is 1. The molecule has 8 nitrogen and oxygen atoms in total. The summed E-state index contributed by atoms with van der Waals surface area (Å²) in [5.41, 5.74) is 7.15. The van der Waals surface area contributed by atoms with E-state index in [0.717, 1.165) is 38.5 Å². The Morgan fingerprint density at radius 3 is 2.42 bits per heavy atom. The highest BCUT2D eigenvalue weighted by molar-refractivity contribution is 5.90. The van der Waals surface area contributed by atoms with Crippen LogP contribution in [0.2, 0.25) is 0 Å². The summed E-state index contributed by atoms with van der Waals surface area (Å²) in [5.74, 6) is 0.172. The Bertz CT molecular complexity index is 996. The summed E-state index contributed by atoms with van der Waals surface area (Å²) in [6, 6.07) is 0. The second-order valence-electron chi connectivity index (χ2n) is 13.9. The second-order valence-corrected chi connectivity index (χ2v) is 13.9. The number of aliphatic carboxylic acids is 1. The maximum atomic E-state index is 13.2. The number of Topliss-reactive ketones (excluding diaryl/α,β-unsaturated/α-hetero) is 1. The van der Waals surface area contributed by atoms with E-state index in [2.05, 4.69) is 23.9 Å². The Balaban J connectivity index is 1.52. The third-order valence-corrected chi connectivity index (χ3v) is 12.7. The lowest BCUT2D eigenvalue weighted by Gasteiger charge is -2.69. The molecule has 0 heterocycles. The first-order chi connectivity index (χ1) is 16.9. The molecule has 0 radical (unpaired) electrons. The minimum atomic E-state index is -1.05. The van der Waals surface area contributed by atoms with Crippen molar-refractivity contribution >= 4 is 11.8 Å². The fourth-order valence-corrected chi connectivity index (χ4v) is 11.4. The van der Waals surface area contributed by atoms with E-state index < -0.39 is 29.0 Å². The van der Waals surface area contributed by atoms with Crippen molar-refractivity contribution in [1.29, 1.82) is 0 Å². The number of hydrogen-bond acceptors (Lipinski definition) is 5. The lowest BCUT2D eigenvalue weighted by atomic mass is 9.36. The molecule has 0 aromatic heterocycles. The fraction of sp³-hybridized carbons (Fsp3) is 0.929. The van der Waals surface area contributed by atoms with E-state index >= 15 is 0 Å². The van der Waals surface area contributed by atoms with Crippen molar-refractivity contribution in [2.75, 3.05) is 6.54 Å². The summed E-state index contributed by atoms with van der Waals surface area (Å²) in [6.45, 7) is 8.44. The first kappa shape index (κ1) is 26.0. The molecular formula is C28H43N3O5. The maximum absolute atomic E-state index is 13.2. The molecule has 12 atom stereocenters. The van der Waals surface area contributed by atoms with Crippen LogP contribution in [0.25, 0.3) is 10.4 Å². The molecule has 5 saturated carbocycles. The highest BCUT2D eigenvalue weighted by Crippen LogP contribution is 2.73. The highest BCUT2D eigenvalue weighted by Gasteiger charge is 2.69. The minimum Gasteiger partial charge on any atom is -0.481 e. The quantitative estimate of drug-likeness (QED) is 0.283. The molecule has 36 heavy (non-hydrogen) atoms. The number of hydrogen-bond donors (Lipinski definition) is 3. The molecule has 200 valence electrons. The molecule has 5 aliphatic carbocycles. The van der Waals surface area contributed by atoms with E-state index in [1.54, 1.807) is 0 Å². The van der Waals surface area contributed by atoms with Gasteiger partial charge >= 0.3 is 5.97 Å². The van der Waals surface area contributed by atoms with E-state index in [0.29, 0.717) is 31.1 Å². The van der Waals surface area contributed by atoms with Gasteiger partial charge in [-0.2, -0.15) is 0 Å². The standard InChI is InChI=1S/C28H43N3O5/c1-15(32)16-7-11-28(24(35)36)12-8-18-17(22(16)28)5-6-20-25(18,2)10-9-21-26(20,3)13-19(33)23(34)27(21,4)14-30-31-29/h15-22,32-33H,5-14H2,1-4H3,(H,35,36)/t15?,16-,17?,18?,19-,20?,21?,22?,25-,26+,27-,28-/m0/s1. The Hall–Kier alpha value is -1.63. The molecule has 8 heteroatoms. The second kappa shape index (κ2) is 8.44. The number of rotatable bonds is 4. The molecule has 5 rings (SSSR count). The first-order valence-corrected chi connectivity index (χ1v) is 14.0. The van der Waals surface area contributed by atoms with Crippen LogP contribution in [-0.2, 0) is 9.59 Å². The predicted molar refractivity (Wildman–Crippen MR) is 134 cm³/mol. The zero-order valence-electron chi connectivity index (χ0n) is 22.2. The van der Waals surface area contributed by atoms with Gasteiger partial charge in [0, 0.05) is 16.9 Å². The van der Waals surface area contributed by atoms with Crippen molar-refractivity contribution in [3.63, 3.8) is 0 Å². The molecule has 0 amide bonds. The lowest BCUT2D eigenvalue weighted by molar-refractivity contribution is -0.214. The van der Waals surface area contributed by atoms with Gasteiger partial charge in [-0.15, -0.1) is 0 Å². The van der Waals surface area contributed by atoms with Gasteiger partial charge in [0.15, 0.2) is 5.78 Å². The van der Waals surface area contributed by atoms with Crippen molar-refractivity contribution in [2.45, 2.75) is 97.7 Å². The number of ketones is 1. The molecule has 5 fully saturated rings.